The van der Waals surface area contributed by atoms with Gasteiger partial charge < -0.3 is 9.47 Å². The van der Waals surface area contributed by atoms with Crippen LogP contribution in [0.3, 0.4) is 0 Å². The smallest absolute Gasteiger partial charge is 0.489 e. The van der Waals surface area contributed by atoms with Crippen molar-refractivity contribution < 1.29 is 27.0 Å². The summed E-state index contributed by atoms with van der Waals surface area (Å²) in [7, 11) is 0. The van der Waals surface area contributed by atoms with E-state index >= 15 is 0 Å². The van der Waals surface area contributed by atoms with Crippen molar-refractivity contribution in [1.29, 1.82) is 0 Å². The molecule has 0 aromatic heterocycles. The van der Waals surface area contributed by atoms with Crippen molar-refractivity contribution in [3.63, 3.8) is 0 Å². The van der Waals surface area contributed by atoms with E-state index in [0.29, 0.717) is 11.8 Å². The lowest BCUT2D eigenvalue weighted by Gasteiger charge is -2.25. The molecule has 0 saturated heterocycles. The maximum Gasteiger partial charge on any atom is 0.573 e. The van der Waals surface area contributed by atoms with Crippen molar-refractivity contribution in [3.05, 3.63) is 29.6 Å². The minimum Gasteiger partial charge on any atom is -0.489 e. The summed E-state index contributed by atoms with van der Waals surface area (Å²) in [5.74, 6) is -1.39. The molecule has 2 fully saturated rings. The SMILES string of the molecule is Fc1c(/C=C/C2CC2)ccc(OCC2CCC2)c1OC(F)(F)F. The third-order valence-corrected chi connectivity index (χ3v) is 4.18. The van der Waals surface area contributed by atoms with Crippen LogP contribution in [0.4, 0.5) is 17.6 Å². The minimum atomic E-state index is -4.96. The minimum absolute atomic E-state index is 0.0761. The number of hydrogen-bond donors (Lipinski definition) is 0. The van der Waals surface area contributed by atoms with Crippen LogP contribution in [-0.2, 0) is 0 Å². The summed E-state index contributed by atoms with van der Waals surface area (Å²) in [6.07, 6.45) is 3.49. The first kappa shape index (κ1) is 16.1. The monoisotopic (exact) mass is 330 g/mol. The van der Waals surface area contributed by atoms with Gasteiger partial charge in [0.25, 0.3) is 0 Å². The Morgan fingerprint density at radius 3 is 2.43 bits per heavy atom. The van der Waals surface area contributed by atoms with Crippen LogP contribution in [0.15, 0.2) is 18.2 Å². The van der Waals surface area contributed by atoms with Crippen molar-refractivity contribution in [1.82, 2.24) is 0 Å². The molecule has 0 heterocycles. The number of halogens is 4. The van der Waals surface area contributed by atoms with Crippen molar-refractivity contribution >= 4 is 6.08 Å². The highest BCUT2D eigenvalue weighted by Crippen LogP contribution is 2.39. The first-order valence-corrected chi connectivity index (χ1v) is 7.81. The second-order valence-electron chi connectivity index (χ2n) is 6.15. The standard InChI is InChI=1S/C17H18F4O2/c18-15-13(7-6-11-4-5-11)8-9-14(16(15)23-17(19,20)21)22-10-12-2-1-3-12/h6-9,11-12H,1-5,10H2/b7-6+. The van der Waals surface area contributed by atoms with Gasteiger partial charge in [0.1, 0.15) is 0 Å². The van der Waals surface area contributed by atoms with Crippen LogP contribution in [0.2, 0.25) is 0 Å². The van der Waals surface area contributed by atoms with E-state index in [1.165, 1.54) is 18.2 Å². The molecule has 0 radical (unpaired) electrons. The molecule has 0 amide bonds. The number of alkyl halides is 3. The van der Waals surface area contributed by atoms with E-state index in [1.807, 2.05) is 6.08 Å². The van der Waals surface area contributed by atoms with Gasteiger partial charge in [-0.25, -0.2) is 4.39 Å². The first-order valence-electron chi connectivity index (χ1n) is 7.81. The fraction of sp³-hybridized carbons (Fsp3) is 0.529. The molecule has 2 aliphatic carbocycles. The van der Waals surface area contributed by atoms with Gasteiger partial charge in [-0.1, -0.05) is 18.6 Å². The molecule has 0 aliphatic heterocycles. The number of hydrogen-bond acceptors (Lipinski definition) is 2. The average Bonchev–Trinajstić information content (AvgIpc) is 3.22. The molecule has 1 aromatic carbocycles. The largest absolute Gasteiger partial charge is 0.573 e. The van der Waals surface area contributed by atoms with Gasteiger partial charge in [-0.15, -0.1) is 13.2 Å². The highest BCUT2D eigenvalue weighted by molar-refractivity contribution is 5.57. The Hall–Kier alpha value is -1.72. The molecule has 2 saturated carbocycles. The summed E-state index contributed by atoms with van der Waals surface area (Å²) in [5.41, 5.74) is 0.0761. The topological polar surface area (TPSA) is 18.5 Å². The Labute approximate surface area is 132 Å². The third kappa shape index (κ3) is 4.39. The zero-order valence-electron chi connectivity index (χ0n) is 12.5. The summed E-state index contributed by atoms with van der Waals surface area (Å²) >= 11 is 0. The van der Waals surface area contributed by atoms with E-state index in [9.17, 15) is 17.6 Å². The maximum absolute atomic E-state index is 14.4. The lowest BCUT2D eigenvalue weighted by Crippen LogP contribution is -2.21. The molecule has 0 bridgehead atoms. The molecule has 126 valence electrons. The molecular weight excluding hydrogens is 312 g/mol. The van der Waals surface area contributed by atoms with Crippen LogP contribution in [0, 0.1) is 17.7 Å². The van der Waals surface area contributed by atoms with Crippen molar-refractivity contribution in [2.75, 3.05) is 6.61 Å². The Morgan fingerprint density at radius 1 is 1.13 bits per heavy atom. The van der Waals surface area contributed by atoms with Gasteiger partial charge in [-0.2, -0.15) is 0 Å². The Kier molecular flexibility index (Phi) is 4.50. The van der Waals surface area contributed by atoms with Crippen LogP contribution in [0.1, 0.15) is 37.7 Å². The van der Waals surface area contributed by atoms with E-state index in [-0.39, 0.29) is 17.9 Å². The molecular formula is C17H18F4O2. The zero-order chi connectivity index (χ0) is 16.4. The molecule has 0 unspecified atom stereocenters. The lowest BCUT2D eigenvalue weighted by molar-refractivity contribution is -0.276. The van der Waals surface area contributed by atoms with E-state index in [4.69, 9.17) is 4.74 Å². The highest BCUT2D eigenvalue weighted by Gasteiger charge is 2.35. The fourth-order valence-electron chi connectivity index (χ4n) is 2.40. The summed E-state index contributed by atoms with van der Waals surface area (Å²) in [5, 5.41) is 0. The van der Waals surface area contributed by atoms with E-state index < -0.39 is 17.9 Å². The number of ether oxygens (including phenoxy) is 2. The van der Waals surface area contributed by atoms with E-state index in [2.05, 4.69) is 4.74 Å². The van der Waals surface area contributed by atoms with Gasteiger partial charge in [0.15, 0.2) is 11.6 Å². The molecule has 6 heteroatoms. The Balaban J connectivity index is 1.82. The predicted octanol–water partition coefficient (Wildman–Crippen LogP) is 5.33. The normalized spacial score (nSPS) is 19.0. The van der Waals surface area contributed by atoms with Crippen molar-refractivity contribution in [2.45, 2.75) is 38.5 Å². The Bertz CT molecular complexity index is 587. The van der Waals surface area contributed by atoms with Gasteiger partial charge in [0.2, 0.25) is 5.75 Å². The van der Waals surface area contributed by atoms with E-state index in [0.717, 1.165) is 32.1 Å². The molecule has 0 atom stereocenters. The predicted molar refractivity (Wildman–Crippen MR) is 77.7 cm³/mol. The van der Waals surface area contributed by atoms with Crippen LogP contribution < -0.4 is 9.47 Å². The van der Waals surface area contributed by atoms with Crippen LogP contribution in [0.5, 0.6) is 11.5 Å². The van der Waals surface area contributed by atoms with Crippen molar-refractivity contribution in [3.8, 4) is 11.5 Å². The zero-order valence-corrected chi connectivity index (χ0v) is 12.5. The second kappa shape index (κ2) is 6.42. The van der Waals surface area contributed by atoms with Gasteiger partial charge in [0.05, 0.1) is 6.61 Å². The molecule has 0 N–H and O–H groups in total. The van der Waals surface area contributed by atoms with Crippen LogP contribution >= 0.6 is 0 Å². The molecule has 2 aliphatic rings. The van der Waals surface area contributed by atoms with Crippen LogP contribution in [0.25, 0.3) is 6.08 Å². The Morgan fingerprint density at radius 2 is 1.87 bits per heavy atom. The molecule has 0 spiro atoms. The molecule has 3 rings (SSSR count). The lowest BCUT2D eigenvalue weighted by atomic mass is 9.86. The van der Waals surface area contributed by atoms with Gasteiger partial charge in [-0.3, -0.25) is 0 Å². The second-order valence-corrected chi connectivity index (χ2v) is 6.15. The summed E-state index contributed by atoms with van der Waals surface area (Å²) in [6, 6.07) is 2.77. The van der Waals surface area contributed by atoms with Gasteiger partial charge in [-0.05, 0) is 49.7 Å². The first-order chi connectivity index (χ1) is 10.9. The van der Waals surface area contributed by atoms with Gasteiger partial charge in [0, 0.05) is 5.56 Å². The number of benzene rings is 1. The van der Waals surface area contributed by atoms with Crippen LogP contribution in [-0.4, -0.2) is 13.0 Å². The maximum atomic E-state index is 14.4. The number of allylic oxidation sites excluding steroid dienone is 1. The average molecular weight is 330 g/mol. The van der Waals surface area contributed by atoms with E-state index in [1.54, 1.807) is 0 Å². The summed E-state index contributed by atoms with van der Waals surface area (Å²) in [4.78, 5) is 0. The van der Waals surface area contributed by atoms with Crippen molar-refractivity contribution in [2.24, 2.45) is 11.8 Å². The number of rotatable bonds is 6. The quantitative estimate of drug-likeness (QED) is 0.657. The fourth-order valence-corrected chi connectivity index (χ4v) is 2.40. The molecule has 23 heavy (non-hydrogen) atoms. The molecule has 1 aromatic rings. The molecule has 2 nitrogen and oxygen atoms in total. The highest BCUT2D eigenvalue weighted by atomic mass is 19.4. The third-order valence-electron chi connectivity index (χ3n) is 4.18. The summed E-state index contributed by atoms with van der Waals surface area (Å²) < 4.78 is 61.4. The summed E-state index contributed by atoms with van der Waals surface area (Å²) in [6.45, 7) is 0.283. The van der Waals surface area contributed by atoms with Gasteiger partial charge >= 0.3 is 6.36 Å².